The lowest BCUT2D eigenvalue weighted by molar-refractivity contribution is 0.104. The van der Waals surface area contributed by atoms with E-state index in [2.05, 4.69) is 0 Å². The molecule has 0 radical (unpaired) electrons. The van der Waals surface area contributed by atoms with Gasteiger partial charge in [-0.05, 0) is 48.6 Å². The lowest BCUT2D eigenvalue weighted by Gasteiger charge is -2.14. The molecule has 2 aromatic heterocycles. The number of hydrogen-bond donors (Lipinski definition) is 1. The van der Waals surface area contributed by atoms with Crippen molar-refractivity contribution in [1.82, 2.24) is 4.57 Å². The van der Waals surface area contributed by atoms with Crippen molar-refractivity contribution in [1.29, 1.82) is 0 Å². The van der Waals surface area contributed by atoms with Gasteiger partial charge in [0, 0.05) is 11.1 Å². The average Bonchev–Trinajstić information content (AvgIpc) is 3.21. The Labute approximate surface area is 154 Å². The van der Waals surface area contributed by atoms with Gasteiger partial charge in [0.25, 0.3) is 5.56 Å². The first-order valence-electron chi connectivity index (χ1n) is 8.35. The molecule has 0 aliphatic rings. The number of para-hydroxylation sites is 2. The van der Waals surface area contributed by atoms with Gasteiger partial charge in [-0.15, -0.1) is 0 Å². The van der Waals surface area contributed by atoms with E-state index in [0.717, 1.165) is 0 Å². The Kier molecular flexibility index (Phi) is 4.18. The highest BCUT2D eigenvalue weighted by atomic mass is 16.3. The zero-order valence-corrected chi connectivity index (χ0v) is 14.2. The predicted octanol–water partition coefficient (Wildman–Crippen LogP) is 4.19. The number of benzene rings is 2. The number of rotatable bonds is 4. The Bertz CT molecular complexity index is 1200. The van der Waals surface area contributed by atoms with Crippen molar-refractivity contribution in [3.05, 3.63) is 101 Å². The van der Waals surface area contributed by atoms with Crippen LogP contribution in [0.4, 0.5) is 0 Å². The van der Waals surface area contributed by atoms with Crippen LogP contribution in [0.1, 0.15) is 16.1 Å². The molecule has 27 heavy (non-hydrogen) atoms. The van der Waals surface area contributed by atoms with Crippen LogP contribution in [0.15, 0.2) is 88.3 Å². The van der Waals surface area contributed by atoms with Crippen LogP contribution in [0.5, 0.6) is 5.75 Å². The van der Waals surface area contributed by atoms with Crippen LogP contribution in [0.25, 0.3) is 22.7 Å². The summed E-state index contributed by atoms with van der Waals surface area (Å²) < 4.78 is 6.59. The molecule has 5 heteroatoms. The first kappa shape index (κ1) is 16.6. The minimum Gasteiger partial charge on any atom is -0.506 e. The maximum absolute atomic E-state index is 13.1. The Morgan fingerprint density at radius 2 is 1.70 bits per heavy atom. The number of carbonyl (C=O) groups is 1. The first-order chi connectivity index (χ1) is 13.2. The van der Waals surface area contributed by atoms with Crippen molar-refractivity contribution in [2.24, 2.45) is 0 Å². The van der Waals surface area contributed by atoms with Crippen LogP contribution >= 0.6 is 0 Å². The Balaban J connectivity index is 1.96. The minimum absolute atomic E-state index is 0.277. The number of aromatic hydroxyl groups is 1. The van der Waals surface area contributed by atoms with Crippen molar-refractivity contribution < 1.29 is 14.3 Å². The highest BCUT2D eigenvalue weighted by molar-refractivity contribution is 6.11. The summed E-state index contributed by atoms with van der Waals surface area (Å²) in [5, 5.41) is 11.1. The first-order valence-corrected chi connectivity index (χ1v) is 8.35. The summed E-state index contributed by atoms with van der Waals surface area (Å²) in [6.07, 6.45) is 4.17. The van der Waals surface area contributed by atoms with Crippen LogP contribution in [0.3, 0.4) is 0 Å². The highest BCUT2D eigenvalue weighted by Gasteiger charge is 2.21. The van der Waals surface area contributed by atoms with Gasteiger partial charge in [0.05, 0.1) is 11.8 Å². The molecule has 0 fully saturated rings. The van der Waals surface area contributed by atoms with Gasteiger partial charge < -0.3 is 9.52 Å². The lowest BCUT2D eigenvalue weighted by Crippen LogP contribution is -2.25. The highest BCUT2D eigenvalue weighted by Crippen LogP contribution is 2.28. The van der Waals surface area contributed by atoms with Crippen LogP contribution in [-0.2, 0) is 0 Å². The normalized spacial score (nSPS) is 11.3. The van der Waals surface area contributed by atoms with Crippen LogP contribution in [0.2, 0.25) is 0 Å². The molecule has 2 aromatic carbocycles. The third-order valence-electron chi connectivity index (χ3n) is 4.26. The number of nitrogens with zero attached hydrogens (tertiary/aromatic N) is 1. The second-order valence-electron chi connectivity index (χ2n) is 5.93. The van der Waals surface area contributed by atoms with Crippen molar-refractivity contribution in [3.8, 4) is 11.4 Å². The molecule has 0 amide bonds. The summed E-state index contributed by atoms with van der Waals surface area (Å²) in [4.78, 5) is 25.8. The van der Waals surface area contributed by atoms with E-state index in [9.17, 15) is 14.7 Å². The molecule has 132 valence electrons. The number of carbonyl (C=O) groups excluding carboxylic acids is 1. The van der Waals surface area contributed by atoms with Gasteiger partial charge in [-0.1, -0.05) is 30.3 Å². The van der Waals surface area contributed by atoms with E-state index in [-0.39, 0.29) is 11.3 Å². The maximum Gasteiger partial charge on any atom is 0.270 e. The van der Waals surface area contributed by atoms with E-state index < -0.39 is 11.3 Å². The van der Waals surface area contributed by atoms with Gasteiger partial charge in [-0.2, -0.15) is 0 Å². The number of furan rings is 1. The quantitative estimate of drug-likeness (QED) is 0.439. The molecule has 0 unspecified atom stereocenters. The van der Waals surface area contributed by atoms with E-state index in [1.807, 2.05) is 18.2 Å². The molecule has 2 heterocycles. The fraction of sp³-hybridized carbons (Fsp3) is 0. The molecule has 1 N–H and O–H groups in total. The van der Waals surface area contributed by atoms with Gasteiger partial charge in [0.2, 0.25) is 0 Å². The molecule has 0 saturated carbocycles. The Hall–Kier alpha value is -3.86. The monoisotopic (exact) mass is 357 g/mol. The summed E-state index contributed by atoms with van der Waals surface area (Å²) in [5.41, 5.74) is 0.285. The van der Waals surface area contributed by atoms with Gasteiger partial charge in [0.1, 0.15) is 17.1 Å². The standard InChI is InChI=1S/C22H15NO4/c24-19(13-12-16-9-6-14-27-16)20-21(25)17-10-4-5-11-18(17)23(22(20)26)15-7-2-1-3-8-15/h1-14,25H. The third-order valence-corrected chi connectivity index (χ3v) is 4.26. The molecule has 0 atom stereocenters. The van der Waals surface area contributed by atoms with Crippen molar-refractivity contribution in [2.75, 3.05) is 0 Å². The zero-order valence-electron chi connectivity index (χ0n) is 14.2. The fourth-order valence-corrected chi connectivity index (χ4v) is 3.01. The Morgan fingerprint density at radius 3 is 2.44 bits per heavy atom. The van der Waals surface area contributed by atoms with E-state index in [0.29, 0.717) is 22.4 Å². The maximum atomic E-state index is 13.1. The summed E-state index contributed by atoms with van der Waals surface area (Å²) in [7, 11) is 0. The van der Waals surface area contributed by atoms with Gasteiger partial charge in [-0.3, -0.25) is 14.2 Å². The number of hydrogen-bond acceptors (Lipinski definition) is 4. The topological polar surface area (TPSA) is 72.4 Å². The molecule has 0 saturated heterocycles. The molecule has 0 bridgehead atoms. The Morgan fingerprint density at radius 1 is 0.963 bits per heavy atom. The summed E-state index contributed by atoms with van der Waals surface area (Å²) in [5.74, 6) is -0.437. The van der Waals surface area contributed by atoms with Crippen LogP contribution in [-0.4, -0.2) is 15.5 Å². The largest absolute Gasteiger partial charge is 0.506 e. The van der Waals surface area contributed by atoms with E-state index in [1.165, 1.54) is 23.0 Å². The molecule has 0 spiro atoms. The average molecular weight is 357 g/mol. The smallest absolute Gasteiger partial charge is 0.270 e. The molecule has 4 aromatic rings. The van der Waals surface area contributed by atoms with Gasteiger partial charge >= 0.3 is 0 Å². The van der Waals surface area contributed by atoms with Crippen LogP contribution < -0.4 is 5.56 Å². The second-order valence-corrected chi connectivity index (χ2v) is 5.93. The number of pyridine rings is 1. The molecule has 0 aliphatic heterocycles. The zero-order chi connectivity index (χ0) is 18.8. The van der Waals surface area contributed by atoms with Crippen molar-refractivity contribution >= 4 is 22.8 Å². The van der Waals surface area contributed by atoms with Crippen LogP contribution in [0, 0.1) is 0 Å². The van der Waals surface area contributed by atoms with Gasteiger partial charge in [-0.25, -0.2) is 0 Å². The minimum atomic E-state index is -0.593. The molecule has 5 nitrogen and oxygen atoms in total. The molecular formula is C22H15NO4. The summed E-state index contributed by atoms with van der Waals surface area (Å²) in [6, 6.07) is 19.3. The predicted molar refractivity (Wildman–Crippen MR) is 103 cm³/mol. The summed E-state index contributed by atoms with van der Waals surface area (Å²) >= 11 is 0. The number of ketones is 1. The van der Waals surface area contributed by atoms with Gasteiger partial charge in [0.15, 0.2) is 5.78 Å². The second kappa shape index (κ2) is 6.80. The number of allylic oxidation sites excluding steroid dienone is 1. The number of aromatic nitrogens is 1. The molecule has 4 rings (SSSR count). The summed E-state index contributed by atoms with van der Waals surface area (Å²) in [6.45, 7) is 0. The fourth-order valence-electron chi connectivity index (χ4n) is 3.01. The SMILES string of the molecule is O=C(C=Cc1ccco1)c1c(O)c2ccccc2n(-c2ccccc2)c1=O. The van der Waals surface area contributed by atoms with E-state index >= 15 is 0 Å². The lowest BCUT2D eigenvalue weighted by atomic mass is 10.1. The van der Waals surface area contributed by atoms with Crippen molar-refractivity contribution in [2.45, 2.75) is 0 Å². The molecule has 0 aliphatic carbocycles. The van der Waals surface area contributed by atoms with Crippen molar-refractivity contribution in [3.63, 3.8) is 0 Å². The van der Waals surface area contributed by atoms with E-state index in [1.54, 1.807) is 48.5 Å². The van der Waals surface area contributed by atoms with E-state index in [4.69, 9.17) is 4.42 Å². The number of fused-ring (bicyclic) bond motifs is 1. The third kappa shape index (κ3) is 2.95. The molecular weight excluding hydrogens is 342 g/mol.